The van der Waals surface area contributed by atoms with Crippen molar-refractivity contribution in [2.24, 2.45) is 0 Å². The molecule has 0 aromatic heterocycles. The van der Waals surface area contributed by atoms with Crippen LogP contribution in [0.4, 0.5) is 17.1 Å². The van der Waals surface area contributed by atoms with E-state index in [1.54, 1.807) is 0 Å². The van der Waals surface area contributed by atoms with Crippen molar-refractivity contribution in [2.45, 2.75) is 19.3 Å². The highest BCUT2D eigenvalue weighted by molar-refractivity contribution is 7.15. The molecule has 2 heteroatoms. The van der Waals surface area contributed by atoms with Gasteiger partial charge in [0.2, 0.25) is 0 Å². The molecule has 0 unspecified atom stereocenters. The Kier molecular flexibility index (Phi) is 9.72. The van der Waals surface area contributed by atoms with Gasteiger partial charge in [-0.2, -0.15) is 0 Å². The van der Waals surface area contributed by atoms with E-state index in [4.69, 9.17) is 0 Å². The SMILES string of the molecule is CC1(C)c2cc(/C=C/c3ccc(N(c4ccccc4)c4ccccc4)cc3)ccc2-c2ccc(/C=C/[Si](c3ccccc3)(c3ccccc3)c3ccccc3)cc21. The fourth-order valence-electron chi connectivity index (χ4n) is 8.62. The third kappa shape index (κ3) is 6.90. The van der Waals surface area contributed by atoms with Crippen molar-refractivity contribution in [3.8, 4) is 11.1 Å². The highest BCUT2D eigenvalue weighted by Crippen LogP contribution is 2.49. The first-order valence-corrected chi connectivity index (χ1v) is 21.9. The van der Waals surface area contributed by atoms with Crippen LogP contribution in [0.5, 0.6) is 0 Å². The molecule has 8 aromatic rings. The van der Waals surface area contributed by atoms with Gasteiger partial charge in [-0.15, -0.1) is 0 Å². The van der Waals surface area contributed by atoms with E-state index < -0.39 is 8.07 Å². The molecule has 0 atom stereocenters. The molecule has 0 amide bonds. The molecule has 0 bridgehead atoms. The number of hydrogen-bond acceptors (Lipinski definition) is 1. The van der Waals surface area contributed by atoms with Crippen LogP contribution < -0.4 is 20.5 Å². The lowest BCUT2D eigenvalue weighted by atomic mass is 9.81. The third-order valence-corrected chi connectivity index (χ3v) is 16.0. The predicted octanol–water partition coefficient (Wildman–Crippen LogP) is 12.4. The normalized spacial score (nSPS) is 13.1. The molecule has 0 saturated heterocycles. The van der Waals surface area contributed by atoms with Crippen molar-refractivity contribution in [2.75, 3.05) is 4.90 Å². The largest absolute Gasteiger partial charge is 0.311 e. The van der Waals surface area contributed by atoms with Crippen LogP contribution in [0.25, 0.3) is 29.4 Å². The van der Waals surface area contributed by atoms with Crippen LogP contribution in [0.1, 0.15) is 41.7 Å². The highest BCUT2D eigenvalue weighted by Gasteiger charge is 2.38. The lowest BCUT2D eigenvalue weighted by Crippen LogP contribution is -2.66. The summed E-state index contributed by atoms with van der Waals surface area (Å²) in [5.41, 5.74) is 14.8. The van der Waals surface area contributed by atoms with Gasteiger partial charge in [-0.05, 0) is 90.9 Å². The minimum Gasteiger partial charge on any atom is -0.311 e. The van der Waals surface area contributed by atoms with Crippen molar-refractivity contribution in [1.29, 1.82) is 0 Å². The summed E-state index contributed by atoms with van der Waals surface area (Å²) in [6.45, 7) is 4.75. The summed E-state index contributed by atoms with van der Waals surface area (Å²) in [6, 6.07) is 77.2. The Morgan fingerprint density at radius 1 is 0.368 bits per heavy atom. The fraction of sp³-hybridized carbons (Fsp3) is 0.0545. The van der Waals surface area contributed by atoms with Gasteiger partial charge in [0, 0.05) is 22.5 Å². The van der Waals surface area contributed by atoms with Crippen molar-refractivity contribution < 1.29 is 0 Å². The Morgan fingerprint density at radius 2 is 0.719 bits per heavy atom. The lowest BCUT2D eigenvalue weighted by molar-refractivity contribution is 0.660. The van der Waals surface area contributed by atoms with E-state index in [9.17, 15) is 0 Å². The Hall–Kier alpha value is -6.74. The second kappa shape index (κ2) is 15.4. The maximum absolute atomic E-state index is 2.54. The Morgan fingerprint density at radius 3 is 1.16 bits per heavy atom. The van der Waals surface area contributed by atoms with E-state index in [1.165, 1.54) is 54.5 Å². The number of fused-ring (bicyclic) bond motifs is 3. The quantitative estimate of drug-likeness (QED) is 0.0765. The van der Waals surface area contributed by atoms with Crippen LogP contribution in [-0.4, -0.2) is 8.07 Å². The van der Waals surface area contributed by atoms with E-state index in [0.29, 0.717) is 0 Å². The van der Waals surface area contributed by atoms with Gasteiger partial charge in [-0.3, -0.25) is 0 Å². The molecular formula is C55H45NSi. The molecule has 0 aliphatic heterocycles. The van der Waals surface area contributed by atoms with Gasteiger partial charge in [0.1, 0.15) is 0 Å². The molecular weight excluding hydrogens is 703 g/mol. The summed E-state index contributed by atoms with van der Waals surface area (Å²) in [5.74, 6) is 0. The topological polar surface area (TPSA) is 3.24 Å². The molecule has 1 aliphatic carbocycles. The Balaban J connectivity index is 1.00. The lowest BCUT2D eigenvalue weighted by Gasteiger charge is -2.31. The number of anilines is 3. The maximum atomic E-state index is 2.54. The average molecular weight is 748 g/mol. The van der Waals surface area contributed by atoms with E-state index in [1.807, 2.05) is 0 Å². The molecule has 0 fully saturated rings. The second-order valence-corrected chi connectivity index (χ2v) is 19.1. The van der Waals surface area contributed by atoms with Crippen LogP contribution in [0, 0.1) is 0 Å². The predicted molar refractivity (Wildman–Crippen MR) is 247 cm³/mol. The van der Waals surface area contributed by atoms with Crippen molar-refractivity contribution in [3.05, 3.63) is 246 Å². The van der Waals surface area contributed by atoms with Gasteiger partial charge < -0.3 is 4.90 Å². The van der Waals surface area contributed by atoms with Crippen LogP contribution in [0.2, 0.25) is 0 Å². The second-order valence-electron chi connectivity index (χ2n) is 15.4. The third-order valence-electron chi connectivity index (χ3n) is 11.6. The first kappa shape index (κ1) is 35.9. The first-order chi connectivity index (χ1) is 28.0. The molecule has 0 saturated carbocycles. The average Bonchev–Trinajstić information content (AvgIpc) is 3.50. The fourth-order valence-corrected chi connectivity index (χ4v) is 12.8. The monoisotopic (exact) mass is 747 g/mol. The van der Waals surface area contributed by atoms with Gasteiger partial charge in [-0.1, -0.05) is 214 Å². The van der Waals surface area contributed by atoms with E-state index in [2.05, 4.69) is 255 Å². The summed E-state index contributed by atoms with van der Waals surface area (Å²) in [7, 11) is -2.51. The molecule has 274 valence electrons. The van der Waals surface area contributed by atoms with Gasteiger partial charge in [-0.25, -0.2) is 0 Å². The standard InChI is InChI=1S/C55H45NSi/c1-55(2)53-40-43(29-28-42-30-34-47(35-31-42)56(45-18-8-3-9-19-45)46-20-10-4-11-21-46)32-36-51(53)52-37-33-44(41-54(52)55)38-39-57(48-22-12-5-13-23-48,49-24-14-6-15-25-49)50-26-16-7-17-27-50/h3-41H,1-2H3/b29-28+,39-38+. The molecule has 0 spiro atoms. The minimum absolute atomic E-state index is 0.134. The number of rotatable bonds is 10. The summed E-state index contributed by atoms with van der Waals surface area (Å²) in [5, 5.41) is 4.14. The zero-order chi connectivity index (χ0) is 38.7. The van der Waals surface area contributed by atoms with Gasteiger partial charge >= 0.3 is 0 Å². The molecule has 9 rings (SSSR count). The summed E-state index contributed by atoms with van der Waals surface area (Å²) in [4.78, 5) is 2.29. The minimum atomic E-state index is -2.51. The number of hydrogen-bond donors (Lipinski definition) is 0. The highest BCUT2D eigenvalue weighted by atomic mass is 28.3. The summed E-state index contributed by atoms with van der Waals surface area (Å²) in [6.07, 6.45) is 6.85. The maximum Gasteiger partial charge on any atom is 0.172 e. The van der Waals surface area contributed by atoms with Crippen molar-refractivity contribution in [3.63, 3.8) is 0 Å². The van der Waals surface area contributed by atoms with Crippen LogP contribution in [0.15, 0.2) is 218 Å². The van der Waals surface area contributed by atoms with Crippen LogP contribution in [0.3, 0.4) is 0 Å². The number of benzene rings is 8. The molecule has 0 heterocycles. The van der Waals surface area contributed by atoms with E-state index in [0.717, 1.165) is 17.1 Å². The van der Waals surface area contributed by atoms with Crippen molar-refractivity contribution >= 4 is 58.9 Å². The van der Waals surface area contributed by atoms with E-state index in [-0.39, 0.29) is 5.41 Å². The van der Waals surface area contributed by atoms with Gasteiger partial charge in [0.15, 0.2) is 8.07 Å². The zero-order valence-electron chi connectivity index (χ0n) is 32.5. The molecule has 0 radical (unpaired) electrons. The van der Waals surface area contributed by atoms with Crippen LogP contribution in [-0.2, 0) is 5.41 Å². The Labute approximate surface area is 338 Å². The molecule has 57 heavy (non-hydrogen) atoms. The molecule has 0 N–H and O–H groups in total. The van der Waals surface area contributed by atoms with Gasteiger partial charge in [0.25, 0.3) is 0 Å². The molecule has 1 nitrogen and oxygen atoms in total. The van der Waals surface area contributed by atoms with Gasteiger partial charge in [0.05, 0.1) is 0 Å². The number of para-hydroxylation sites is 2. The molecule has 1 aliphatic rings. The van der Waals surface area contributed by atoms with E-state index >= 15 is 0 Å². The molecule has 8 aromatic carbocycles. The van der Waals surface area contributed by atoms with Crippen molar-refractivity contribution in [1.82, 2.24) is 0 Å². The number of nitrogens with zero attached hydrogens (tertiary/aromatic N) is 1. The summed E-state index contributed by atoms with van der Waals surface area (Å²) < 4.78 is 0. The zero-order valence-corrected chi connectivity index (χ0v) is 33.5. The summed E-state index contributed by atoms with van der Waals surface area (Å²) >= 11 is 0. The van der Waals surface area contributed by atoms with Crippen LogP contribution >= 0.6 is 0 Å². The Bertz CT molecular complexity index is 2530. The first-order valence-electron chi connectivity index (χ1n) is 19.8. The smallest absolute Gasteiger partial charge is 0.172 e.